The van der Waals surface area contributed by atoms with E-state index in [-0.39, 0.29) is 11.6 Å². The summed E-state index contributed by atoms with van der Waals surface area (Å²) in [6.45, 7) is 1.99. The highest BCUT2D eigenvalue weighted by Crippen LogP contribution is 2.24. The first-order valence-electron chi connectivity index (χ1n) is 4.56. The van der Waals surface area contributed by atoms with Crippen LogP contribution in [0.4, 0.5) is 4.39 Å². The summed E-state index contributed by atoms with van der Waals surface area (Å²) in [4.78, 5) is 0. The fourth-order valence-electron chi connectivity index (χ4n) is 1.39. The lowest BCUT2D eigenvalue weighted by atomic mass is 10.0. The van der Waals surface area contributed by atoms with Crippen LogP contribution >= 0.6 is 0 Å². The third-order valence-electron chi connectivity index (χ3n) is 2.08. The Morgan fingerprint density at radius 2 is 2.21 bits per heavy atom. The van der Waals surface area contributed by atoms with Crippen LogP contribution in [0, 0.1) is 18.2 Å². The quantitative estimate of drug-likeness (QED) is 0.669. The Morgan fingerprint density at radius 3 is 2.71 bits per heavy atom. The summed E-state index contributed by atoms with van der Waals surface area (Å²) in [5.41, 5.74) is 1.19. The summed E-state index contributed by atoms with van der Waals surface area (Å²) in [5.74, 6) is 2.40. The van der Waals surface area contributed by atoms with Crippen LogP contribution in [-0.4, -0.2) is 7.11 Å². The van der Waals surface area contributed by atoms with Gasteiger partial charge in [0.1, 0.15) is 0 Å². The van der Waals surface area contributed by atoms with Gasteiger partial charge in [-0.2, -0.15) is 0 Å². The maximum Gasteiger partial charge on any atom is 0.169 e. The zero-order chi connectivity index (χ0) is 10.6. The number of terminal acetylenes is 1. The van der Waals surface area contributed by atoms with E-state index in [1.54, 1.807) is 12.1 Å². The van der Waals surface area contributed by atoms with Crippen molar-refractivity contribution in [2.45, 2.75) is 19.8 Å². The summed E-state index contributed by atoms with van der Waals surface area (Å²) in [6.07, 6.45) is 6.79. The van der Waals surface area contributed by atoms with E-state index < -0.39 is 0 Å². The molecule has 0 fully saturated rings. The van der Waals surface area contributed by atoms with Gasteiger partial charge < -0.3 is 4.74 Å². The van der Waals surface area contributed by atoms with Crippen molar-refractivity contribution in [2.24, 2.45) is 0 Å². The predicted molar refractivity (Wildman–Crippen MR) is 54.9 cm³/mol. The molecule has 1 nitrogen and oxygen atoms in total. The molecule has 0 saturated carbocycles. The van der Waals surface area contributed by atoms with Gasteiger partial charge in [-0.3, -0.25) is 0 Å². The summed E-state index contributed by atoms with van der Waals surface area (Å²) in [5, 5.41) is 0. The van der Waals surface area contributed by atoms with Crippen molar-refractivity contribution in [1.29, 1.82) is 0 Å². The summed E-state index contributed by atoms with van der Waals surface area (Å²) in [6, 6.07) is 3.27. The minimum absolute atomic E-state index is 0.257. The number of benzene rings is 1. The largest absolute Gasteiger partial charge is 0.494 e. The van der Waals surface area contributed by atoms with Crippen LogP contribution in [0.2, 0.25) is 0 Å². The standard InChI is InChI=1S/C12H13FO/c1-4-6-10-9(5-2)7-8-11(14-3)12(10)13/h2,7-8H,4,6H2,1,3H3. The normalized spacial score (nSPS) is 9.57. The van der Waals surface area contributed by atoms with Crippen LogP contribution in [0.5, 0.6) is 5.75 Å². The second kappa shape index (κ2) is 4.66. The molecule has 0 saturated heterocycles. The average Bonchev–Trinajstić information content (AvgIpc) is 2.21. The smallest absolute Gasteiger partial charge is 0.169 e. The van der Waals surface area contributed by atoms with E-state index in [0.29, 0.717) is 17.5 Å². The monoisotopic (exact) mass is 192 g/mol. The molecule has 0 bridgehead atoms. The lowest BCUT2D eigenvalue weighted by Gasteiger charge is -2.08. The van der Waals surface area contributed by atoms with E-state index >= 15 is 0 Å². The zero-order valence-electron chi connectivity index (χ0n) is 8.43. The molecule has 2 heteroatoms. The molecule has 0 aliphatic heterocycles. The molecule has 0 radical (unpaired) electrons. The van der Waals surface area contributed by atoms with Crippen LogP contribution in [0.25, 0.3) is 0 Å². The van der Waals surface area contributed by atoms with Gasteiger partial charge in [-0.1, -0.05) is 19.3 Å². The Kier molecular flexibility index (Phi) is 3.53. The third-order valence-corrected chi connectivity index (χ3v) is 2.08. The number of halogens is 1. The van der Waals surface area contributed by atoms with Crippen molar-refractivity contribution >= 4 is 0 Å². The minimum Gasteiger partial charge on any atom is -0.494 e. The van der Waals surface area contributed by atoms with Gasteiger partial charge in [0.15, 0.2) is 11.6 Å². The first kappa shape index (κ1) is 10.6. The molecule has 0 spiro atoms. The van der Waals surface area contributed by atoms with Gasteiger partial charge >= 0.3 is 0 Å². The molecule has 74 valence electrons. The van der Waals surface area contributed by atoms with E-state index in [1.807, 2.05) is 6.92 Å². The molecule has 0 heterocycles. The highest BCUT2D eigenvalue weighted by Gasteiger charge is 2.11. The van der Waals surface area contributed by atoms with Crippen molar-refractivity contribution in [3.63, 3.8) is 0 Å². The second-order valence-electron chi connectivity index (χ2n) is 3.00. The zero-order valence-corrected chi connectivity index (χ0v) is 8.43. The molecule has 0 unspecified atom stereocenters. The van der Waals surface area contributed by atoms with E-state index in [9.17, 15) is 4.39 Å². The van der Waals surface area contributed by atoms with E-state index in [1.165, 1.54) is 7.11 Å². The van der Waals surface area contributed by atoms with Crippen molar-refractivity contribution in [3.05, 3.63) is 29.1 Å². The Hall–Kier alpha value is -1.49. The Labute approximate surface area is 83.9 Å². The lowest BCUT2D eigenvalue weighted by Crippen LogP contribution is -1.98. The number of rotatable bonds is 3. The SMILES string of the molecule is C#Cc1ccc(OC)c(F)c1CCC. The minimum atomic E-state index is -0.329. The Morgan fingerprint density at radius 1 is 1.50 bits per heavy atom. The predicted octanol–water partition coefficient (Wildman–Crippen LogP) is 2.77. The van der Waals surface area contributed by atoms with Gasteiger partial charge in [0.05, 0.1) is 7.11 Å². The molecule has 0 aliphatic carbocycles. The van der Waals surface area contributed by atoms with Gasteiger partial charge in [-0.25, -0.2) is 4.39 Å². The fourth-order valence-corrected chi connectivity index (χ4v) is 1.39. The Bertz CT molecular complexity index is 363. The summed E-state index contributed by atoms with van der Waals surface area (Å²) >= 11 is 0. The number of hydrogen-bond acceptors (Lipinski definition) is 1. The molecular formula is C12H13FO. The molecule has 14 heavy (non-hydrogen) atoms. The number of hydrogen-bond donors (Lipinski definition) is 0. The van der Waals surface area contributed by atoms with Crippen molar-refractivity contribution < 1.29 is 9.13 Å². The molecule has 0 aliphatic rings. The van der Waals surface area contributed by atoms with Crippen molar-refractivity contribution in [1.82, 2.24) is 0 Å². The second-order valence-corrected chi connectivity index (χ2v) is 3.00. The van der Waals surface area contributed by atoms with E-state index in [4.69, 9.17) is 11.2 Å². The topological polar surface area (TPSA) is 9.23 Å². The van der Waals surface area contributed by atoms with Gasteiger partial charge in [-0.05, 0) is 18.6 Å². The lowest BCUT2D eigenvalue weighted by molar-refractivity contribution is 0.384. The van der Waals surface area contributed by atoms with Gasteiger partial charge in [0.2, 0.25) is 0 Å². The van der Waals surface area contributed by atoms with Crippen LogP contribution < -0.4 is 4.74 Å². The van der Waals surface area contributed by atoms with Gasteiger partial charge in [0, 0.05) is 11.1 Å². The molecule has 0 atom stereocenters. The summed E-state index contributed by atoms with van der Waals surface area (Å²) in [7, 11) is 1.45. The summed E-state index contributed by atoms with van der Waals surface area (Å²) < 4.78 is 18.6. The maximum absolute atomic E-state index is 13.7. The van der Waals surface area contributed by atoms with Gasteiger partial charge in [-0.15, -0.1) is 6.42 Å². The van der Waals surface area contributed by atoms with Crippen LogP contribution in [0.15, 0.2) is 12.1 Å². The first-order chi connectivity index (χ1) is 6.74. The molecule has 1 aromatic carbocycles. The van der Waals surface area contributed by atoms with Crippen molar-refractivity contribution in [3.8, 4) is 18.1 Å². The van der Waals surface area contributed by atoms with Crippen LogP contribution in [0.1, 0.15) is 24.5 Å². The average molecular weight is 192 g/mol. The third kappa shape index (κ3) is 1.88. The van der Waals surface area contributed by atoms with Crippen LogP contribution in [0.3, 0.4) is 0 Å². The first-order valence-corrected chi connectivity index (χ1v) is 4.56. The van der Waals surface area contributed by atoms with Crippen molar-refractivity contribution in [2.75, 3.05) is 7.11 Å². The van der Waals surface area contributed by atoms with Gasteiger partial charge in [0.25, 0.3) is 0 Å². The highest BCUT2D eigenvalue weighted by molar-refractivity contribution is 5.45. The number of methoxy groups -OCH3 is 1. The highest BCUT2D eigenvalue weighted by atomic mass is 19.1. The molecule has 1 rings (SSSR count). The fraction of sp³-hybridized carbons (Fsp3) is 0.333. The molecular weight excluding hydrogens is 179 g/mol. The molecule has 1 aromatic rings. The molecule has 0 amide bonds. The Balaban J connectivity index is 3.25. The molecule has 0 N–H and O–H groups in total. The van der Waals surface area contributed by atoms with E-state index in [2.05, 4.69) is 5.92 Å². The van der Waals surface area contributed by atoms with Crippen LogP contribution in [-0.2, 0) is 6.42 Å². The number of ether oxygens (including phenoxy) is 1. The molecule has 0 aromatic heterocycles. The maximum atomic E-state index is 13.7. The van der Waals surface area contributed by atoms with E-state index in [0.717, 1.165) is 6.42 Å².